The third kappa shape index (κ3) is 5.20. The fraction of sp³-hybridized carbons (Fsp3) is 0.348. The molecule has 0 saturated heterocycles. The summed E-state index contributed by atoms with van der Waals surface area (Å²) >= 11 is 0. The number of aromatic nitrogens is 1. The van der Waals surface area contributed by atoms with Crippen LogP contribution in [-0.4, -0.2) is 45.9 Å². The largest absolute Gasteiger partial charge is 0.494 e. The second-order valence-electron chi connectivity index (χ2n) is 7.50. The fourth-order valence-electron chi connectivity index (χ4n) is 3.72. The van der Waals surface area contributed by atoms with Crippen LogP contribution in [0.3, 0.4) is 0 Å². The van der Waals surface area contributed by atoms with Crippen molar-refractivity contribution in [1.29, 1.82) is 0 Å². The highest BCUT2D eigenvalue weighted by Gasteiger charge is 2.33. The van der Waals surface area contributed by atoms with E-state index >= 15 is 0 Å². The van der Waals surface area contributed by atoms with Crippen LogP contribution in [0.4, 0.5) is 4.39 Å². The Morgan fingerprint density at radius 1 is 1.29 bits per heavy atom. The number of allylic oxidation sites excluding steroid dienone is 1. The molecule has 0 spiro atoms. The Morgan fingerprint density at radius 3 is 2.71 bits per heavy atom. The van der Waals surface area contributed by atoms with Crippen LogP contribution in [0.1, 0.15) is 53.8 Å². The van der Waals surface area contributed by atoms with Crippen molar-refractivity contribution in [3.05, 3.63) is 59.2 Å². The van der Waals surface area contributed by atoms with E-state index in [0.717, 1.165) is 5.56 Å². The number of carbonyl (C=O) groups excluding carboxylic acids is 2. The predicted octanol–water partition coefficient (Wildman–Crippen LogP) is 3.69. The Hall–Kier alpha value is -3.42. The van der Waals surface area contributed by atoms with E-state index in [-0.39, 0.29) is 23.9 Å². The van der Waals surface area contributed by atoms with Crippen molar-refractivity contribution in [1.82, 2.24) is 9.47 Å². The van der Waals surface area contributed by atoms with Gasteiger partial charge in [-0.2, -0.15) is 0 Å². The second kappa shape index (κ2) is 9.59. The highest BCUT2D eigenvalue weighted by Crippen LogP contribution is 2.31. The van der Waals surface area contributed by atoms with Gasteiger partial charge in [-0.15, -0.1) is 0 Å². The molecule has 1 amide bonds. The first-order chi connectivity index (χ1) is 14.8. The van der Waals surface area contributed by atoms with Crippen LogP contribution in [0.15, 0.2) is 36.5 Å². The number of aliphatic carboxylic acids is 1. The number of hydrogen-bond acceptors (Lipinski definition) is 4. The number of halogens is 1. The number of ketones is 1. The summed E-state index contributed by atoms with van der Waals surface area (Å²) in [6, 6.07) is 5.17. The van der Waals surface area contributed by atoms with Crippen LogP contribution in [0.5, 0.6) is 5.75 Å². The molecule has 31 heavy (non-hydrogen) atoms. The van der Waals surface area contributed by atoms with Gasteiger partial charge in [-0.25, -0.2) is 4.39 Å². The minimum absolute atomic E-state index is 0.0536. The Labute approximate surface area is 179 Å². The van der Waals surface area contributed by atoms with Crippen molar-refractivity contribution in [3.8, 4) is 5.75 Å². The van der Waals surface area contributed by atoms with Crippen molar-refractivity contribution < 1.29 is 28.6 Å². The topological polar surface area (TPSA) is 88.8 Å². The summed E-state index contributed by atoms with van der Waals surface area (Å²) < 4.78 is 21.0. The van der Waals surface area contributed by atoms with Gasteiger partial charge in [0.1, 0.15) is 11.5 Å². The number of benzene rings is 1. The highest BCUT2D eigenvalue weighted by molar-refractivity contribution is 5.94. The lowest BCUT2D eigenvalue weighted by Crippen LogP contribution is -2.43. The van der Waals surface area contributed by atoms with Crippen molar-refractivity contribution in [2.24, 2.45) is 0 Å². The average molecular weight is 428 g/mol. The monoisotopic (exact) mass is 428 g/mol. The van der Waals surface area contributed by atoms with Gasteiger partial charge in [-0.05, 0) is 42.7 Å². The number of carboxylic acid groups (broad SMARTS) is 1. The van der Waals surface area contributed by atoms with E-state index in [0.29, 0.717) is 37.2 Å². The molecule has 1 aromatic carbocycles. The maximum Gasteiger partial charge on any atom is 0.305 e. The number of nitrogens with zero attached hydrogens (tertiary/aromatic N) is 2. The number of carbonyl (C=O) groups is 3. The molecule has 1 aliphatic heterocycles. The van der Waals surface area contributed by atoms with Gasteiger partial charge in [0.15, 0.2) is 11.6 Å². The van der Waals surface area contributed by atoms with E-state index in [4.69, 9.17) is 4.74 Å². The number of hydrogen-bond donors (Lipinski definition) is 1. The smallest absolute Gasteiger partial charge is 0.305 e. The highest BCUT2D eigenvalue weighted by atomic mass is 19.1. The van der Waals surface area contributed by atoms with Gasteiger partial charge in [-0.1, -0.05) is 18.2 Å². The molecule has 1 unspecified atom stereocenters. The maximum absolute atomic E-state index is 14.2. The predicted molar refractivity (Wildman–Crippen MR) is 112 cm³/mol. The van der Waals surface area contributed by atoms with Crippen LogP contribution >= 0.6 is 0 Å². The molecule has 0 aliphatic carbocycles. The van der Waals surface area contributed by atoms with Gasteiger partial charge in [0.2, 0.25) is 0 Å². The molecule has 1 aromatic heterocycles. The maximum atomic E-state index is 14.2. The zero-order chi connectivity index (χ0) is 22.5. The van der Waals surface area contributed by atoms with E-state index in [1.807, 2.05) is 22.9 Å². The van der Waals surface area contributed by atoms with Crippen LogP contribution in [0.2, 0.25) is 0 Å². The zero-order valence-electron chi connectivity index (χ0n) is 17.5. The number of ether oxygens (including phenoxy) is 1. The van der Waals surface area contributed by atoms with Crippen molar-refractivity contribution >= 4 is 23.7 Å². The Morgan fingerprint density at radius 2 is 2.06 bits per heavy atom. The summed E-state index contributed by atoms with van der Waals surface area (Å²) in [5.41, 5.74) is 1.68. The number of rotatable bonds is 9. The number of Topliss-reactive ketones (excluding diaryl/α,β-unsaturated/α-hetero) is 1. The molecule has 0 radical (unpaired) electrons. The van der Waals surface area contributed by atoms with Gasteiger partial charge < -0.3 is 24.1 Å². The van der Waals surface area contributed by atoms with Gasteiger partial charge in [0, 0.05) is 25.7 Å². The SMILES string of the molecule is COc1ccc(C(CC(=O)O)N2CCn3cc(/C=C/CCC(C)=O)cc3C2=O)cc1F. The molecule has 7 nitrogen and oxygen atoms in total. The first-order valence-electron chi connectivity index (χ1n) is 10.0. The number of methoxy groups -OCH3 is 1. The third-order valence-corrected chi connectivity index (χ3v) is 5.26. The minimum atomic E-state index is -1.08. The van der Waals surface area contributed by atoms with Gasteiger partial charge in [-0.3, -0.25) is 9.59 Å². The summed E-state index contributed by atoms with van der Waals surface area (Å²) in [6.45, 7) is 2.34. The molecule has 0 fully saturated rings. The molecule has 8 heteroatoms. The van der Waals surface area contributed by atoms with Gasteiger partial charge in [0.05, 0.1) is 19.6 Å². The van der Waals surface area contributed by atoms with E-state index in [9.17, 15) is 23.9 Å². The lowest BCUT2D eigenvalue weighted by molar-refractivity contribution is -0.138. The number of amides is 1. The molecule has 2 aromatic rings. The first-order valence-corrected chi connectivity index (χ1v) is 10.0. The zero-order valence-corrected chi connectivity index (χ0v) is 17.5. The molecular formula is C23H25FN2O5. The van der Waals surface area contributed by atoms with Gasteiger partial charge in [0.25, 0.3) is 5.91 Å². The normalized spacial score (nSPS) is 14.5. The average Bonchev–Trinajstić information content (AvgIpc) is 3.14. The molecule has 2 heterocycles. The minimum Gasteiger partial charge on any atom is -0.494 e. The second-order valence-corrected chi connectivity index (χ2v) is 7.50. The Bertz CT molecular complexity index is 1030. The molecule has 164 valence electrons. The molecule has 0 saturated carbocycles. The fourth-order valence-corrected chi connectivity index (χ4v) is 3.72. The van der Waals surface area contributed by atoms with Crippen LogP contribution < -0.4 is 4.74 Å². The molecule has 1 N–H and O–H groups in total. The van der Waals surface area contributed by atoms with E-state index in [1.54, 1.807) is 19.1 Å². The van der Waals surface area contributed by atoms with Crippen molar-refractivity contribution in [2.75, 3.05) is 13.7 Å². The Balaban J connectivity index is 1.85. The Kier molecular flexibility index (Phi) is 6.89. The first kappa shape index (κ1) is 22.3. The molecule has 0 bridgehead atoms. The molecule has 3 rings (SSSR count). The summed E-state index contributed by atoms with van der Waals surface area (Å²) in [5.74, 6) is -1.83. The van der Waals surface area contributed by atoms with Crippen LogP contribution in [0.25, 0.3) is 6.08 Å². The van der Waals surface area contributed by atoms with Crippen molar-refractivity contribution in [3.63, 3.8) is 0 Å². The number of carboxylic acids is 1. The van der Waals surface area contributed by atoms with Gasteiger partial charge >= 0.3 is 5.97 Å². The van der Waals surface area contributed by atoms with Crippen molar-refractivity contribution in [2.45, 2.75) is 38.8 Å². The van der Waals surface area contributed by atoms with E-state index < -0.39 is 17.8 Å². The molecular weight excluding hydrogens is 403 g/mol. The van der Waals surface area contributed by atoms with Crippen LogP contribution in [-0.2, 0) is 16.1 Å². The standard InChI is InChI=1S/C23H25FN2O5/c1-15(27)5-3-4-6-16-11-20-23(30)26(10-9-25(20)14-16)19(13-22(28)29)17-7-8-21(31-2)18(24)12-17/h4,6-8,11-12,14,19H,3,5,9-10,13H2,1-2H3,(H,28,29)/b6-4+. The van der Waals surface area contributed by atoms with E-state index in [2.05, 4.69) is 0 Å². The third-order valence-electron chi connectivity index (χ3n) is 5.26. The van der Waals surface area contributed by atoms with Crippen LogP contribution in [0, 0.1) is 5.82 Å². The summed E-state index contributed by atoms with van der Waals surface area (Å²) in [7, 11) is 1.35. The van der Waals surface area contributed by atoms with E-state index in [1.165, 1.54) is 24.1 Å². The molecule has 1 atom stereocenters. The summed E-state index contributed by atoms with van der Waals surface area (Å²) in [5, 5.41) is 9.40. The lowest BCUT2D eigenvalue weighted by atomic mass is 10.00. The lowest BCUT2D eigenvalue weighted by Gasteiger charge is -2.35. The number of fused-ring (bicyclic) bond motifs is 1. The summed E-state index contributed by atoms with van der Waals surface area (Å²) in [4.78, 5) is 37.2. The quantitative estimate of drug-likeness (QED) is 0.658. The molecule has 1 aliphatic rings. The summed E-state index contributed by atoms with van der Waals surface area (Å²) in [6.07, 6.45) is 6.35.